The molecule has 16 heavy (non-hydrogen) atoms. The Morgan fingerprint density at radius 3 is 1.69 bits per heavy atom. The number of halogens is 7. The van der Waals surface area contributed by atoms with Crippen LogP contribution in [0.1, 0.15) is 6.92 Å². The number of alkyl halides is 7. The van der Waals surface area contributed by atoms with Crippen LogP contribution in [0.5, 0.6) is 0 Å². The Labute approximate surface area is 85.1 Å². The molecule has 0 unspecified atom stereocenters. The van der Waals surface area contributed by atoms with Crippen molar-refractivity contribution in [1.29, 1.82) is 0 Å². The summed E-state index contributed by atoms with van der Waals surface area (Å²) in [7, 11) is 0. The second-order valence-electron chi connectivity index (χ2n) is 2.88. The lowest BCUT2D eigenvalue weighted by Crippen LogP contribution is -2.60. The molecule has 0 radical (unpaired) electrons. The normalized spacial score (nSPS) is 13.5. The molecule has 0 aliphatic rings. The lowest BCUT2D eigenvalue weighted by molar-refractivity contribution is -0.359. The highest BCUT2D eigenvalue weighted by atomic mass is 19.4. The van der Waals surface area contributed by atoms with E-state index in [1.807, 2.05) is 0 Å². The van der Waals surface area contributed by atoms with E-state index in [9.17, 15) is 35.5 Å². The first-order chi connectivity index (χ1) is 6.83. The maximum Gasteiger partial charge on any atom is 0.462 e. The van der Waals surface area contributed by atoms with Crippen molar-refractivity contribution < 1.29 is 35.5 Å². The van der Waals surface area contributed by atoms with E-state index in [0.29, 0.717) is 0 Å². The summed E-state index contributed by atoms with van der Waals surface area (Å²) in [6.45, 7) is 3.68. The van der Waals surface area contributed by atoms with Gasteiger partial charge in [0.25, 0.3) is 5.91 Å². The molecule has 1 amide bonds. The summed E-state index contributed by atoms with van der Waals surface area (Å²) in [5, 5.41) is 0.261. The Hall–Kier alpha value is -1.28. The van der Waals surface area contributed by atoms with E-state index in [1.165, 1.54) is 0 Å². The topological polar surface area (TPSA) is 29.1 Å². The summed E-state index contributed by atoms with van der Waals surface area (Å²) in [4.78, 5) is 10.5. The van der Waals surface area contributed by atoms with E-state index >= 15 is 0 Å². The standard InChI is InChI=1S/C7H6F7NO/c1-3(2)4(16)15-7(13,14)5(8,9)6(10,11)12/h1H2,2H3,(H,15,16). The predicted octanol–water partition coefficient (Wildman–Crippen LogP) is 2.47. The molecule has 0 aliphatic carbocycles. The fourth-order valence-electron chi connectivity index (χ4n) is 0.506. The molecule has 0 fully saturated rings. The third-order valence-corrected chi connectivity index (χ3v) is 1.41. The van der Waals surface area contributed by atoms with Crippen molar-refractivity contribution in [1.82, 2.24) is 5.32 Å². The first-order valence-corrected chi connectivity index (χ1v) is 3.63. The zero-order valence-electron chi connectivity index (χ0n) is 7.76. The van der Waals surface area contributed by atoms with Gasteiger partial charge in [-0.3, -0.25) is 10.1 Å². The molecule has 1 N–H and O–H groups in total. The van der Waals surface area contributed by atoms with Gasteiger partial charge in [-0.25, -0.2) is 0 Å². The van der Waals surface area contributed by atoms with Gasteiger partial charge in [-0.05, 0) is 6.92 Å². The number of nitrogens with one attached hydrogen (secondary N) is 1. The Morgan fingerprint density at radius 1 is 1.06 bits per heavy atom. The minimum absolute atomic E-state index is 0.261. The van der Waals surface area contributed by atoms with Crippen molar-refractivity contribution in [2.45, 2.75) is 25.1 Å². The van der Waals surface area contributed by atoms with Crippen LogP contribution in [0, 0.1) is 0 Å². The van der Waals surface area contributed by atoms with Crippen LogP contribution in [0.25, 0.3) is 0 Å². The van der Waals surface area contributed by atoms with Gasteiger partial charge in [0.1, 0.15) is 0 Å². The minimum Gasteiger partial charge on any atom is -0.288 e. The van der Waals surface area contributed by atoms with Gasteiger partial charge in [-0.1, -0.05) is 6.58 Å². The van der Waals surface area contributed by atoms with E-state index in [0.717, 1.165) is 6.92 Å². The van der Waals surface area contributed by atoms with Crippen LogP contribution in [0.4, 0.5) is 30.7 Å². The lowest BCUT2D eigenvalue weighted by Gasteiger charge is -2.28. The molecule has 0 heterocycles. The smallest absolute Gasteiger partial charge is 0.288 e. The molecule has 0 aliphatic heterocycles. The Morgan fingerprint density at radius 2 is 1.44 bits per heavy atom. The van der Waals surface area contributed by atoms with Crippen LogP contribution in [-0.2, 0) is 4.79 Å². The largest absolute Gasteiger partial charge is 0.462 e. The molecule has 0 spiro atoms. The summed E-state index contributed by atoms with van der Waals surface area (Å²) in [5.74, 6) is -8.15. The molecule has 2 nitrogen and oxygen atoms in total. The van der Waals surface area contributed by atoms with E-state index in [1.54, 1.807) is 0 Å². The molecule has 9 heteroatoms. The van der Waals surface area contributed by atoms with E-state index < -0.39 is 29.6 Å². The Bertz CT molecular complexity index is 306. The molecule has 0 saturated heterocycles. The van der Waals surface area contributed by atoms with E-state index in [4.69, 9.17) is 0 Å². The van der Waals surface area contributed by atoms with Crippen molar-refractivity contribution in [3.05, 3.63) is 12.2 Å². The minimum atomic E-state index is -6.47. The first kappa shape index (κ1) is 14.7. The van der Waals surface area contributed by atoms with Gasteiger partial charge in [-0.15, -0.1) is 0 Å². The molecule has 0 bridgehead atoms. The van der Waals surface area contributed by atoms with Gasteiger partial charge in [0.2, 0.25) is 0 Å². The molecule has 0 aromatic rings. The maximum absolute atomic E-state index is 12.5. The molecule has 94 valence electrons. The highest BCUT2D eigenvalue weighted by Gasteiger charge is 2.73. The lowest BCUT2D eigenvalue weighted by atomic mass is 10.2. The fraction of sp³-hybridized carbons (Fsp3) is 0.571. The van der Waals surface area contributed by atoms with Gasteiger partial charge < -0.3 is 0 Å². The third-order valence-electron chi connectivity index (χ3n) is 1.41. The average molecular weight is 253 g/mol. The SMILES string of the molecule is C=C(C)C(=O)NC(F)(F)C(F)(F)C(F)(F)F. The number of hydrogen-bond acceptors (Lipinski definition) is 1. The van der Waals surface area contributed by atoms with Crippen molar-refractivity contribution in [3.63, 3.8) is 0 Å². The van der Waals surface area contributed by atoms with Crippen molar-refractivity contribution in [2.75, 3.05) is 0 Å². The number of hydrogen-bond donors (Lipinski definition) is 1. The molecule has 0 aromatic carbocycles. The maximum atomic E-state index is 12.5. The highest BCUT2D eigenvalue weighted by molar-refractivity contribution is 5.92. The van der Waals surface area contributed by atoms with Crippen molar-refractivity contribution in [2.24, 2.45) is 0 Å². The van der Waals surface area contributed by atoms with Crippen LogP contribution < -0.4 is 5.32 Å². The molecule has 0 aromatic heterocycles. The van der Waals surface area contributed by atoms with Crippen LogP contribution >= 0.6 is 0 Å². The summed E-state index contributed by atoms with van der Waals surface area (Å²) in [6, 6.07) is -5.73. The highest BCUT2D eigenvalue weighted by Crippen LogP contribution is 2.45. The molecule has 0 atom stereocenters. The van der Waals surface area contributed by atoms with Gasteiger partial charge in [0.05, 0.1) is 0 Å². The molecular formula is C7H6F7NO. The monoisotopic (exact) mass is 253 g/mol. The Kier molecular flexibility index (Phi) is 3.63. The van der Waals surface area contributed by atoms with Gasteiger partial charge in [-0.2, -0.15) is 30.7 Å². The van der Waals surface area contributed by atoms with Crippen molar-refractivity contribution in [3.8, 4) is 0 Å². The summed E-state index contributed by atoms with van der Waals surface area (Å²) < 4.78 is 84.1. The number of carbonyl (C=O) groups excluding carboxylic acids is 1. The van der Waals surface area contributed by atoms with Crippen LogP contribution in [-0.4, -0.2) is 24.1 Å². The number of rotatable bonds is 3. The molecular weight excluding hydrogens is 247 g/mol. The quantitative estimate of drug-likeness (QED) is 0.467. The van der Waals surface area contributed by atoms with Crippen LogP contribution in [0.2, 0.25) is 0 Å². The van der Waals surface area contributed by atoms with E-state index in [2.05, 4.69) is 6.58 Å². The molecule has 0 saturated carbocycles. The number of carbonyl (C=O) groups is 1. The number of amides is 1. The van der Waals surface area contributed by atoms with Crippen LogP contribution in [0.3, 0.4) is 0 Å². The summed E-state index contributed by atoms with van der Waals surface area (Å²) in [6.07, 6.45) is -6.47. The zero-order chi connectivity index (χ0) is 13.4. The fourth-order valence-corrected chi connectivity index (χ4v) is 0.506. The summed E-state index contributed by atoms with van der Waals surface area (Å²) >= 11 is 0. The average Bonchev–Trinajstić information content (AvgIpc) is 2.00. The van der Waals surface area contributed by atoms with Crippen molar-refractivity contribution >= 4 is 5.91 Å². The zero-order valence-corrected chi connectivity index (χ0v) is 7.76. The van der Waals surface area contributed by atoms with Crippen LogP contribution in [0.15, 0.2) is 12.2 Å². The first-order valence-electron chi connectivity index (χ1n) is 3.63. The van der Waals surface area contributed by atoms with Gasteiger partial charge in [0, 0.05) is 5.57 Å². The Balaban J connectivity index is 5.06. The van der Waals surface area contributed by atoms with Gasteiger partial charge >= 0.3 is 18.1 Å². The predicted molar refractivity (Wildman–Crippen MR) is 38.9 cm³/mol. The second-order valence-corrected chi connectivity index (χ2v) is 2.88. The second kappa shape index (κ2) is 3.95. The molecule has 0 rings (SSSR count). The van der Waals surface area contributed by atoms with Gasteiger partial charge in [0.15, 0.2) is 0 Å². The van der Waals surface area contributed by atoms with E-state index in [-0.39, 0.29) is 5.32 Å². The third kappa shape index (κ3) is 2.64. The summed E-state index contributed by atoms with van der Waals surface area (Å²) in [5.41, 5.74) is -0.627.